The van der Waals surface area contributed by atoms with E-state index < -0.39 is 5.91 Å². The van der Waals surface area contributed by atoms with Crippen LogP contribution in [0.2, 0.25) is 0 Å². The zero-order chi connectivity index (χ0) is 27.2. The highest BCUT2D eigenvalue weighted by Crippen LogP contribution is 2.31. The SMILES string of the molecule is O=C(/C=C/c1ccc(CNC(=O)c2ccc(/C=C(\C(=O)NC3CC3)c3ccc4c(c3)COO4)cc2)cc1)NO. The normalized spacial score (nSPS) is 14.4. The molecule has 0 aromatic heterocycles. The number of rotatable bonds is 9. The van der Waals surface area contributed by atoms with Crippen molar-refractivity contribution in [3.8, 4) is 5.75 Å². The molecule has 3 aromatic rings. The summed E-state index contributed by atoms with van der Waals surface area (Å²) >= 11 is 0. The monoisotopic (exact) mass is 525 g/mol. The number of hydrogen-bond donors (Lipinski definition) is 4. The Bertz CT molecular complexity index is 1440. The summed E-state index contributed by atoms with van der Waals surface area (Å²) in [5, 5.41) is 14.5. The molecule has 1 heterocycles. The number of carbonyl (C=O) groups excluding carboxylic acids is 3. The van der Waals surface area contributed by atoms with Gasteiger partial charge in [0, 0.05) is 35.4 Å². The second-order valence-corrected chi connectivity index (χ2v) is 9.33. The van der Waals surface area contributed by atoms with Crippen LogP contribution < -0.4 is 21.0 Å². The van der Waals surface area contributed by atoms with Gasteiger partial charge in [0.25, 0.3) is 17.7 Å². The van der Waals surface area contributed by atoms with E-state index in [1.807, 2.05) is 54.6 Å². The van der Waals surface area contributed by atoms with Crippen LogP contribution in [0.15, 0.2) is 72.8 Å². The summed E-state index contributed by atoms with van der Waals surface area (Å²) in [7, 11) is 0. The highest BCUT2D eigenvalue weighted by molar-refractivity contribution is 6.24. The van der Waals surface area contributed by atoms with Crippen LogP contribution in [0.25, 0.3) is 17.7 Å². The van der Waals surface area contributed by atoms with E-state index >= 15 is 0 Å². The molecule has 3 amide bonds. The Hall–Kier alpha value is -4.73. The van der Waals surface area contributed by atoms with Gasteiger partial charge in [-0.2, -0.15) is 4.89 Å². The molecule has 0 bridgehead atoms. The number of fused-ring (bicyclic) bond motifs is 1. The molecule has 0 atom stereocenters. The van der Waals surface area contributed by atoms with E-state index in [4.69, 9.17) is 15.0 Å². The zero-order valence-electron chi connectivity index (χ0n) is 21.0. The zero-order valence-corrected chi connectivity index (χ0v) is 21.0. The molecule has 1 aliphatic heterocycles. The molecular formula is C30H27N3O6. The lowest BCUT2D eigenvalue weighted by Gasteiger charge is -2.10. The number of amides is 3. The Morgan fingerprint density at radius 3 is 2.36 bits per heavy atom. The van der Waals surface area contributed by atoms with Crippen molar-refractivity contribution in [2.75, 3.05) is 0 Å². The van der Waals surface area contributed by atoms with Gasteiger partial charge in [-0.05, 0) is 71.5 Å². The molecule has 2 aliphatic rings. The van der Waals surface area contributed by atoms with Gasteiger partial charge in [-0.1, -0.05) is 42.5 Å². The van der Waals surface area contributed by atoms with E-state index in [1.165, 1.54) is 11.6 Å². The maximum atomic E-state index is 13.1. The highest BCUT2D eigenvalue weighted by atomic mass is 17.2. The number of hydroxylamine groups is 1. The van der Waals surface area contributed by atoms with E-state index in [0.717, 1.165) is 40.7 Å². The second kappa shape index (κ2) is 11.8. The van der Waals surface area contributed by atoms with Gasteiger partial charge in [0.15, 0.2) is 5.75 Å². The summed E-state index contributed by atoms with van der Waals surface area (Å²) in [5.74, 6) is -0.327. The molecule has 0 spiro atoms. The summed E-state index contributed by atoms with van der Waals surface area (Å²) in [6.45, 7) is 0.661. The number of nitrogens with one attached hydrogen (secondary N) is 3. The van der Waals surface area contributed by atoms with Gasteiger partial charge >= 0.3 is 0 Å². The fraction of sp³-hybridized carbons (Fsp3) is 0.167. The van der Waals surface area contributed by atoms with E-state index in [0.29, 0.717) is 30.0 Å². The number of hydrogen-bond acceptors (Lipinski definition) is 6. The van der Waals surface area contributed by atoms with Gasteiger partial charge in [0.2, 0.25) is 0 Å². The Balaban J connectivity index is 1.25. The predicted octanol–water partition coefficient (Wildman–Crippen LogP) is 3.78. The predicted molar refractivity (Wildman–Crippen MR) is 144 cm³/mol. The lowest BCUT2D eigenvalue weighted by molar-refractivity contribution is -0.194. The van der Waals surface area contributed by atoms with E-state index in [2.05, 4.69) is 10.6 Å². The first-order valence-corrected chi connectivity index (χ1v) is 12.5. The van der Waals surface area contributed by atoms with Crippen molar-refractivity contribution in [2.24, 2.45) is 0 Å². The van der Waals surface area contributed by atoms with Gasteiger partial charge in [-0.15, -0.1) is 0 Å². The lowest BCUT2D eigenvalue weighted by atomic mass is 9.99. The maximum Gasteiger partial charge on any atom is 0.267 e. The average molecular weight is 526 g/mol. The minimum Gasteiger partial charge on any atom is -0.349 e. The van der Waals surface area contributed by atoms with Gasteiger partial charge in [-0.3, -0.25) is 19.6 Å². The minimum atomic E-state index is -0.612. The van der Waals surface area contributed by atoms with Gasteiger partial charge in [0.1, 0.15) is 6.61 Å². The molecule has 0 unspecified atom stereocenters. The quantitative estimate of drug-likeness (QED) is 0.111. The molecule has 1 aliphatic carbocycles. The third-order valence-corrected chi connectivity index (χ3v) is 6.35. The molecule has 39 heavy (non-hydrogen) atoms. The van der Waals surface area contributed by atoms with Crippen LogP contribution in [0.4, 0.5) is 0 Å². The molecule has 1 saturated carbocycles. The number of benzene rings is 3. The molecule has 198 valence electrons. The van der Waals surface area contributed by atoms with Crippen LogP contribution in [0.1, 0.15) is 51.0 Å². The minimum absolute atomic E-state index is 0.141. The van der Waals surface area contributed by atoms with Crippen molar-refractivity contribution < 1.29 is 29.4 Å². The van der Waals surface area contributed by atoms with E-state index in [-0.39, 0.29) is 17.9 Å². The summed E-state index contributed by atoms with van der Waals surface area (Å²) in [4.78, 5) is 47.0. The van der Waals surface area contributed by atoms with Crippen molar-refractivity contribution >= 4 is 35.4 Å². The molecule has 9 nitrogen and oxygen atoms in total. The Morgan fingerprint density at radius 1 is 0.923 bits per heavy atom. The Morgan fingerprint density at radius 2 is 1.64 bits per heavy atom. The van der Waals surface area contributed by atoms with Crippen molar-refractivity contribution in [3.05, 3.63) is 106 Å². The van der Waals surface area contributed by atoms with Crippen molar-refractivity contribution in [1.29, 1.82) is 0 Å². The van der Waals surface area contributed by atoms with Crippen molar-refractivity contribution in [3.63, 3.8) is 0 Å². The van der Waals surface area contributed by atoms with Crippen LogP contribution in [0.3, 0.4) is 0 Å². The third kappa shape index (κ3) is 6.78. The van der Waals surface area contributed by atoms with Crippen molar-refractivity contribution in [1.82, 2.24) is 16.1 Å². The van der Waals surface area contributed by atoms with Crippen LogP contribution in [-0.4, -0.2) is 29.0 Å². The molecule has 5 rings (SSSR count). The fourth-order valence-corrected chi connectivity index (χ4v) is 4.01. The van der Waals surface area contributed by atoms with Crippen LogP contribution >= 0.6 is 0 Å². The molecule has 3 aromatic carbocycles. The molecular weight excluding hydrogens is 498 g/mol. The lowest BCUT2D eigenvalue weighted by Crippen LogP contribution is -2.26. The summed E-state index contributed by atoms with van der Waals surface area (Å²) in [6, 6.07) is 20.1. The highest BCUT2D eigenvalue weighted by Gasteiger charge is 2.26. The fourth-order valence-electron chi connectivity index (χ4n) is 4.01. The first-order chi connectivity index (χ1) is 19.0. The standard InChI is InChI=1S/C30H27N3O6/c34-28(33-37)14-7-19-1-3-21(4-2-19)17-31-29(35)22-8-5-20(6-9-22)15-26(30(36)32-25-11-12-25)23-10-13-27-24(16-23)18-38-39-27/h1-10,13-16,25,37H,11-12,17-18H2,(H,31,35)(H,32,36)(H,33,34)/b14-7+,26-15-. The van der Waals surface area contributed by atoms with E-state index in [9.17, 15) is 14.4 Å². The van der Waals surface area contributed by atoms with Crippen LogP contribution in [0, 0.1) is 0 Å². The Kier molecular flexibility index (Phi) is 7.81. The number of carbonyl (C=O) groups is 3. The van der Waals surface area contributed by atoms with E-state index in [1.54, 1.807) is 24.3 Å². The smallest absolute Gasteiger partial charge is 0.267 e. The summed E-state index contributed by atoms with van der Waals surface area (Å²) in [6.07, 6.45) is 6.57. The van der Waals surface area contributed by atoms with Crippen LogP contribution in [0.5, 0.6) is 5.75 Å². The average Bonchev–Trinajstić information content (AvgIpc) is 3.66. The van der Waals surface area contributed by atoms with Gasteiger partial charge in [-0.25, -0.2) is 5.48 Å². The second-order valence-electron chi connectivity index (χ2n) is 9.33. The first kappa shape index (κ1) is 25.9. The molecule has 0 radical (unpaired) electrons. The molecule has 9 heteroatoms. The van der Waals surface area contributed by atoms with Gasteiger partial charge < -0.3 is 15.5 Å². The largest absolute Gasteiger partial charge is 0.349 e. The van der Waals surface area contributed by atoms with Gasteiger partial charge in [0.05, 0.1) is 0 Å². The molecule has 1 fully saturated rings. The third-order valence-electron chi connectivity index (χ3n) is 6.35. The molecule has 4 N–H and O–H groups in total. The molecule has 0 saturated heterocycles. The van der Waals surface area contributed by atoms with Crippen molar-refractivity contribution in [2.45, 2.75) is 32.0 Å². The topological polar surface area (TPSA) is 126 Å². The van der Waals surface area contributed by atoms with Crippen LogP contribution in [-0.2, 0) is 27.6 Å². The maximum absolute atomic E-state index is 13.1. The Labute approximate surface area is 225 Å². The summed E-state index contributed by atoms with van der Waals surface area (Å²) in [5.41, 5.74) is 6.67. The summed E-state index contributed by atoms with van der Waals surface area (Å²) < 4.78 is 0. The first-order valence-electron chi connectivity index (χ1n) is 12.5.